The monoisotopic (exact) mass is 369 g/mol. The first-order valence-corrected chi connectivity index (χ1v) is 4.61. The molecule has 0 aromatic heterocycles. The molecular weight excluding hydrogens is 358 g/mol. The van der Waals surface area contributed by atoms with Crippen molar-refractivity contribution in [2.75, 3.05) is 6.54 Å². The minimum Gasteiger partial charge on any atom is -0.370 e. The Labute approximate surface area is 119 Å². The maximum atomic E-state index is 12.2. The highest BCUT2D eigenvalue weighted by Crippen LogP contribution is 2.28. The summed E-state index contributed by atoms with van der Waals surface area (Å²) in [5.74, 6) is 5.18. The largest absolute Gasteiger partial charge is 0.416 e. The van der Waals surface area contributed by atoms with Gasteiger partial charge in [-0.25, -0.2) is 4.99 Å². The van der Waals surface area contributed by atoms with Gasteiger partial charge in [0.25, 0.3) is 0 Å². The van der Waals surface area contributed by atoms with Gasteiger partial charge in [0.1, 0.15) is 6.54 Å². The number of alkyl halides is 3. The van der Waals surface area contributed by atoms with Crippen LogP contribution in [0.5, 0.6) is 0 Å². The van der Waals surface area contributed by atoms with Crippen LogP contribution in [-0.2, 0) is 6.18 Å². The molecule has 18 heavy (non-hydrogen) atoms. The van der Waals surface area contributed by atoms with E-state index in [0.29, 0.717) is 5.56 Å². The average molecular weight is 369 g/mol. The summed E-state index contributed by atoms with van der Waals surface area (Å²) in [6.07, 6.45) is -4.33. The van der Waals surface area contributed by atoms with Crippen LogP contribution in [0.3, 0.4) is 0 Å². The predicted molar refractivity (Wildman–Crippen MR) is 74.4 cm³/mol. The van der Waals surface area contributed by atoms with Crippen molar-refractivity contribution in [3.05, 3.63) is 35.4 Å². The van der Waals surface area contributed by atoms with Crippen molar-refractivity contribution in [2.45, 2.75) is 6.18 Å². The number of benzene rings is 1. The maximum Gasteiger partial charge on any atom is 0.416 e. The van der Waals surface area contributed by atoms with Crippen LogP contribution in [-0.4, -0.2) is 12.5 Å². The smallest absolute Gasteiger partial charge is 0.370 e. The second-order valence-electron chi connectivity index (χ2n) is 3.12. The van der Waals surface area contributed by atoms with Gasteiger partial charge in [0.05, 0.1) is 5.56 Å². The van der Waals surface area contributed by atoms with E-state index in [9.17, 15) is 13.2 Å². The predicted octanol–water partition coefficient (Wildman–Crippen LogP) is 1.95. The molecule has 1 aromatic rings. The molecule has 0 heterocycles. The Balaban J connectivity index is 0.00000289. The van der Waals surface area contributed by atoms with Crippen LogP contribution in [0.4, 0.5) is 13.2 Å². The molecule has 0 unspecified atom stereocenters. The van der Waals surface area contributed by atoms with Crippen LogP contribution < -0.4 is 11.5 Å². The second-order valence-corrected chi connectivity index (χ2v) is 3.12. The molecule has 7 heteroatoms. The van der Waals surface area contributed by atoms with Gasteiger partial charge in [0.15, 0.2) is 5.96 Å². The van der Waals surface area contributed by atoms with Gasteiger partial charge >= 0.3 is 6.18 Å². The lowest BCUT2D eigenvalue weighted by atomic mass is 10.1. The number of aliphatic imine (C=N–C) groups is 1. The summed E-state index contributed by atoms with van der Waals surface area (Å²) in [6.45, 7) is 0.114. The van der Waals surface area contributed by atoms with E-state index in [0.717, 1.165) is 12.1 Å². The van der Waals surface area contributed by atoms with E-state index < -0.39 is 11.7 Å². The third-order valence-corrected chi connectivity index (χ3v) is 1.79. The Hall–Kier alpha value is -1.43. The van der Waals surface area contributed by atoms with Gasteiger partial charge in [-0.05, 0) is 24.3 Å². The summed E-state index contributed by atoms with van der Waals surface area (Å²) in [6, 6.07) is 4.55. The Morgan fingerprint density at radius 1 is 1.17 bits per heavy atom. The molecule has 0 aliphatic heterocycles. The molecule has 3 nitrogen and oxygen atoms in total. The van der Waals surface area contributed by atoms with Crippen molar-refractivity contribution in [3.63, 3.8) is 0 Å². The van der Waals surface area contributed by atoms with Crippen LogP contribution in [0, 0.1) is 11.8 Å². The zero-order valence-electron chi connectivity index (χ0n) is 9.16. The molecule has 0 saturated heterocycles. The number of hydrogen-bond acceptors (Lipinski definition) is 1. The fourth-order valence-electron chi connectivity index (χ4n) is 1.01. The third-order valence-electron chi connectivity index (χ3n) is 1.79. The lowest BCUT2D eigenvalue weighted by molar-refractivity contribution is -0.137. The highest BCUT2D eigenvalue weighted by molar-refractivity contribution is 14.0. The van der Waals surface area contributed by atoms with Crippen LogP contribution >= 0.6 is 24.0 Å². The standard InChI is InChI=1S/C11H10F3N3.HI/c12-11(13,14)9-5-3-8(4-6-9)2-1-7-17-10(15)16;/h3-6H,7H2,(H4,15,16,17);1H. The van der Waals surface area contributed by atoms with Gasteiger partial charge in [-0.15, -0.1) is 24.0 Å². The normalized spacial score (nSPS) is 9.72. The third kappa shape index (κ3) is 5.77. The SMILES string of the molecule is I.NC(N)=NCC#Cc1ccc(C(F)(F)F)cc1. The van der Waals surface area contributed by atoms with Crippen molar-refractivity contribution >= 4 is 29.9 Å². The van der Waals surface area contributed by atoms with Crippen molar-refractivity contribution in [1.82, 2.24) is 0 Å². The van der Waals surface area contributed by atoms with Crippen molar-refractivity contribution in [3.8, 4) is 11.8 Å². The van der Waals surface area contributed by atoms with Crippen LogP contribution in [0.15, 0.2) is 29.3 Å². The molecule has 1 aromatic carbocycles. The number of guanidine groups is 1. The van der Waals surface area contributed by atoms with Gasteiger partial charge < -0.3 is 11.5 Å². The average Bonchev–Trinajstić information content (AvgIpc) is 2.23. The van der Waals surface area contributed by atoms with Gasteiger partial charge in [-0.1, -0.05) is 11.8 Å². The van der Waals surface area contributed by atoms with Crippen molar-refractivity contribution in [2.24, 2.45) is 16.5 Å². The number of hydrogen-bond donors (Lipinski definition) is 2. The molecule has 0 saturated carbocycles. The summed E-state index contributed by atoms with van der Waals surface area (Å²) in [4.78, 5) is 3.62. The Bertz CT molecular complexity index is 465. The fraction of sp³-hybridized carbons (Fsp3) is 0.182. The molecule has 0 fully saturated rings. The summed E-state index contributed by atoms with van der Waals surface area (Å²) in [5, 5.41) is 0. The Morgan fingerprint density at radius 3 is 2.17 bits per heavy atom. The zero-order valence-corrected chi connectivity index (χ0v) is 11.5. The second kappa shape index (κ2) is 7.10. The Morgan fingerprint density at radius 2 is 1.72 bits per heavy atom. The minimum absolute atomic E-state index is 0. The summed E-state index contributed by atoms with van der Waals surface area (Å²) in [7, 11) is 0. The van der Waals surface area contributed by atoms with Gasteiger partial charge in [-0.2, -0.15) is 13.2 Å². The molecule has 4 N–H and O–H groups in total. The summed E-state index contributed by atoms with van der Waals surface area (Å²) < 4.78 is 36.7. The molecule has 98 valence electrons. The molecular formula is C11H11F3IN3. The van der Waals surface area contributed by atoms with Gasteiger partial charge in [-0.3, -0.25) is 0 Å². The van der Waals surface area contributed by atoms with E-state index in [-0.39, 0.29) is 36.5 Å². The molecule has 0 amide bonds. The zero-order chi connectivity index (χ0) is 12.9. The molecule has 1 rings (SSSR count). The molecule has 0 aliphatic rings. The van der Waals surface area contributed by atoms with E-state index in [1.54, 1.807) is 0 Å². The van der Waals surface area contributed by atoms with E-state index in [4.69, 9.17) is 11.5 Å². The van der Waals surface area contributed by atoms with Crippen molar-refractivity contribution < 1.29 is 13.2 Å². The van der Waals surface area contributed by atoms with E-state index in [1.807, 2.05) is 0 Å². The number of rotatable bonds is 1. The number of nitrogens with two attached hydrogens (primary N) is 2. The number of nitrogens with zero attached hydrogens (tertiary/aromatic N) is 1. The maximum absolute atomic E-state index is 12.2. The van der Waals surface area contributed by atoms with Crippen LogP contribution in [0.1, 0.15) is 11.1 Å². The lowest BCUT2D eigenvalue weighted by Gasteiger charge is -2.05. The van der Waals surface area contributed by atoms with Crippen LogP contribution in [0.25, 0.3) is 0 Å². The minimum atomic E-state index is -4.33. The summed E-state index contributed by atoms with van der Waals surface area (Å²) >= 11 is 0. The van der Waals surface area contributed by atoms with E-state index in [1.165, 1.54) is 12.1 Å². The summed E-state index contributed by atoms with van der Waals surface area (Å²) in [5.41, 5.74) is 9.92. The van der Waals surface area contributed by atoms with Crippen LogP contribution in [0.2, 0.25) is 0 Å². The van der Waals surface area contributed by atoms with Gasteiger partial charge in [0, 0.05) is 5.56 Å². The quantitative estimate of drug-likeness (QED) is 0.344. The topological polar surface area (TPSA) is 64.4 Å². The first-order valence-electron chi connectivity index (χ1n) is 4.61. The molecule has 0 bridgehead atoms. The lowest BCUT2D eigenvalue weighted by Crippen LogP contribution is -2.22. The first-order chi connectivity index (χ1) is 7.89. The highest BCUT2D eigenvalue weighted by atomic mass is 127. The van der Waals surface area contributed by atoms with Crippen molar-refractivity contribution in [1.29, 1.82) is 0 Å². The Kier molecular flexibility index (Phi) is 6.54. The molecule has 0 atom stereocenters. The fourth-order valence-corrected chi connectivity index (χ4v) is 1.01. The van der Waals surface area contributed by atoms with E-state index in [2.05, 4.69) is 16.8 Å². The highest BCUT2D eigenvalue weighted by Gasteiger charge is 2.29. The number of halogens is 4. The molecule has 0 aliphatic carbocycles. The first kappa shape index (κ1) is 16.6. The van der Waals surface area contributed by atoms with Gasteiger partial charge in [0.2, 0.25) is 0 Å². The molecule has 0 radical (unpaired) electrons. The van der Waals surface area contributed by atoms with E-state index >= 15 is 0 Å². The molecule has 0 spiro atoms.